The van der Waals surface area contributed by atoms with Crippen molar-refractivity contribution in [2.24, 2.45) is 5.73 Å². The Kier molecular flexibility index (Phi) is 5.74. The van der Waals surface area contributed by atoms with Gasteiger partial charge in [0.15, 0.2) is 9.84 Å². The highest BCUT2D eigenvalue weighted by molar-refractivity contribution is 7.92. The van der Waals surface area contributed by atoms with E-state index < -0.39 is 38.2 Å². The average Bonchev–Trinajstić information content (AvgIpc) is 2.59. The number of carbonyl (C=O) groups is 1. The molecule has 0 unspecified atom stereocenters. The van der Waals surface area contributed by atoms with Crippen molar-refractivity contribution in [3.8, 4) is 0 Å². The molecule has 2 aromatic rings. The van der Waals surface area contributed by atoms with Crippen molar-refractivity contribution in [1.29, 1.82) is 0 Å². The number of nitrogens with two attached hydrogens (primary N) is 1. The standard InChI is InChI=1S/C19H18ClF2NO4S/c20-12-1-4-15(5-2-12)28(25,26)19(16-9-13(21)3-6-17(16)22)10-14(11-19)27-8-7-18(23)24/h1-6,9,14H,7-8,10-11H2,(H2,23,24). The van der Waals surface area contributed by atoms with Gasteiger partial charge in [-0.2, -0.15) is 0 Å². The first kappa shape index (κ1) is 20.7. The lowest BCUT2D eigenvalue weighted by Crippen LogP contribution is -2.52. The lowest BCUT2D eigenvalue weighted by Gasteiger charge is -2.46. The van der Waals surface area contributed by atoms with E-state index in [-0.39, 0.29) is 36.3 Å². The molecule has 0 bridgehead atoms. The molecule has 0 aliphatic heterocycles. The summed E-state index contributed by atoms with van der Waals surface area (Å²) in [7, 11) is -4.08. The summed E-state index contributed by atoms with van der Waals surface area (Å²) in [5.74, 6) is -2.09. The van der Waals surface area contributed by atoms with Gasteiger partial charge in [-0.1, -0.05) is 11.6 Å². The summed E-state index contributed by atoms with van der Waals surface area (Å²) in [5, 5.41) is 0.353. The van der Waals surface area contributed by atoms with Crippen LogP contribution < -0.4 is 5.73 Å². The molecule has 1 amide bonds. The summed E-state index contributed by atoms with van der Waals surface area (Å²) < 4.78 is 58.9. The van der Waals surface area contributed by atoms with E-state index in [1.807, 2.05) is 0 Å². The molecule has 3 rings (SSSR count). The first-order chi connectivity index (χ1) is 13.2. The van der Waals surface area contributed by atoms with Crippen molar-refractivity contribution in [3.05, 3.63) is 64.7 Å². The van der Waals surface area contributed by atoms with Crippen LogP contribution in [0.1, 0.15) is 24.8 Å². The maximum absolute atomic E-state index is 14.5. The van der Waals surface area contributed by atoms with Crippen LogP contribution in [0.3, 0.4) is 0 Å². The molecule has 5 nitrogen and oxygen atoms in total. The zero-order valence-corrected chi connectivity index (χ0v) is 16.3. The van der Waals surface area contributed by atoms with Gasteiger partial charge in [-0.3, -0.25) is 4.79 Å². The van der Waals surface area contributed by atoms with Gasteiger partial charge in [0.25, 0.3) is 0 Å². The van der Waals surface area contributed by atoms with E-state index in [9.17, 15) is 22.0 Å². The van der Waals surface area contributed by atoms with Crippen molar-refractivity contribution < 1.29 is 26.7 Å². The highest BCUT2D eigenvalue weighted by Gasteiger charge is 2.57. The maximum atomic E-state index is 14.5. The van der Waals surface area contributed by atoms with Gasteiger partial charge in [-0.15, -0.1) is 0 Å². The fourth-order valence-corrected chi connectivity index (χ4v) is 5.72. The zero-order chi connectivity index (χ0) is 20.5. The van der Waals surface area contributed by atoms with Crippen molar-refractivity contribution in [2.45, 2.75) is 35.0 Å². The summed E-state index contributed by atoms with van der Waals surface area (Å²) in [6.45, 7) is 0.0305. The summed E-state index contributed by atoms with van der Waals surface area (Å²) in [4.78, 5) is 10.8. The number of benzene rings is 2. The minimum absolute atomic E-state index is 0.0121. The second-order valence-electron chi connectivity index (χ2n) is 6.69. The van der Waals surface area contributed by atoms with Crippen LogP contribution in [0, 0.1) is 11.6 Å². The molecule has 1 aliphatic rings. The Bertz CT molecular complexity index is 989. The molecule has 1 aliphatic carbocycles. The second kappa shape index (κ2) is 7.77. The van der Waals surface area contributed by atoms with Crippen LogP contribution in [0.4, 0.5) is 8.78 Å². The third kappa shape index (κ3) is 3.76. The second-order valence-corrected chi connectivity index (χ2v) is 9.39. The van der Waals surface area contributed by atoms with Gasteiger partial charge < -0.3 is 10.5 Å². The summed E-state index contributed by atoms with van der Waals surface area (Å²) in [6, 6.07) is 8.25. The Hall–Kier alpha value is -2.03. The minimum atomic E-state index is -4.08. The number of ether oxygens (including phenoxy) is 1. The van der Waals surface area contributed by atoms with Gasteiger partial charge in [0.2, 0.25) is 5.91 Å². The van der Waals surface area contributed by atoms with Crippen LogP contribution in [-0.2, 0) is 24.1 Å². The largest absolute Gasteiger partial charge is 0.378 e. The van der Waals surface area contributed by atoms with Crippen LogP contribution in [0.2, 0.25) is 5.02 Å². The summed E-state index contributed by atoms with van der Waals surface area (Å²) in [5.41, 5.74) is 4.82. The van der Waals surface area contributed by atoms with Crippen LogP contribution in [0.15, 0.2) is 47.4 Å². The highest BCUT2D eigenvalue weighted by atomic mass is 35.5. The van der Waals surface area contributed by atoms with E-state index in [4.69, 9.17) is 22.1 Å². The molecule has 0 heterocycles. The SMILES string of the molecule is NC(=O)CCOC1CC(c2cc(F)ccc2F)(S(=O)(=O)c2ccc(Cl)cc2)C1. The average molecular weight is 430 g/mol. The van der Waals surface area contributed by atoms with E-state index in [2.05, 4.69) is 0 Å². The zero-order valence-electron chi connectivity index (χ0n) is 14.7. The first-order valence-corrected chi connectivity index (χ1v) is 10.4. The number of halogens is 3. The Balaban J connectivity index is 1.98. The fraction of sp³-hybridized carbons (Fsp3) is 0.316. The molecule has 0 aromatic heterocycles. The van der Waals surface area contributed by atoms with E-state index in [1.165, 1.54) is 24.3 Å². The third-order valence-corrected chi connectivity index (χ3v) is 7.60. The monoisotopic (exact) mass is 429 g/mol. The number of carbonyl (C=O) groups excluding carboxylic acids is 1. The Morgan fingerprint density at radius 2 is 1.82 bits per heavy atom. The van der Waals surface area contributed by atoms with Crippen molar-refractivity contribution in [3.63, 3.8) is 0 Å². The molecule has 9 heteroatoms. The van der Waals surface area contributed by atoms with E-state index in [1.54, 1.807) is 0 Å². The predicted octanol–water partition coefficient (Wildman–Crippen LogP) is 3.34. The molecule has 1 saturated carbocycles. The molecular formula is C19H18ClF2NO4S. The topological polar surface area (TPSA) is 86.5 Å². The summed E-state index contributed by atoms with van der Waals surface area (Å²) in [6.07, 6.45) is -0.681. The smallest absolute Gasteiger partial charge is 0.219 e. The normalized spacial score (nSPS) is 21.9. The molecule has 0 atom stereocenters. The maximum Gasteiger partial charge on any atom is 0.219 e. The number of primary amides is 1. The predicted molar refractivity (Wildman–Crippen MR) is 99.5 cm³/mol. The van der Waals surface area contributed by atoms with Gasteiger partial charge in [-0.25, -0.2) is 17.2 Å². The Morgan fingerprint density at radius 3 is 2.43 bits per heavy atom. The number of rotatable bonds is 7. The minimum Gasteiger partial charge on any atom is -0.378 e. The Labute approximate surface area is 166 Å². The molecule has 0 saturated heterocycles. The van der Waals surface area contributed by atoms with Gasteiger partial charge in [-0.05, 0) is 55.3 Å². The first-order valence-electron chi connectivity index (χ1n) is 8.51. The number of amides is 1. The quantitative estimate of drug-likeness (QED) is 0.731. The van der Waals surface area contributed by atoms with Crippen LogP contribution in [0.25, 0.3) is 0 Å². The van der Waals surface area contributed by atoms with E-state index >= 15 is 0 Å². The molecule has 2 N–H and O–H groups in total. The van der Waals surface area contributed by atoms with Gasteiger partial charge >= 0.3 is 0 Å². The van der Waals surface area contributed by atoms with Gasteiger partial charge in [0, 0.05) is 17.0 Å². The van der Waals surface area contributed by atoms with Crippen molar-refractivity contribution >= 4 is 27.3 Å². The number of hydrogen-bond acceptors (Lipinski definition) is 4. The van der Waals surface area contributed by atoms with Crippen LogP contribution in [-0.4, -0.2) is 27.0 Å². The van der Waals surface area contributed by atoms with Crippen LogP contribution >= 0.6 is 11.6 Å². The third-order valence-electron chi connectivity index (χ3n) is 4.87. The highest BCUT2D eigenvalue weighted by Crippen LogP contribution is 2.52. The van der Waals surface area contributed by atoms with Gasteiger partial charge in [0.1, 0.15) is 16.4 Å². The molecule has 2 aromatic carbocycles. The molecule has 28 heavy (non-hydrogen) atoms. The van der Waals surface area contributed by atoms with Crippen molar-refractivity contribution in [1.82, 2.24) is 0 Å². The number of hydrogen-bond donors (Lipinski definition) is 1. The van der Waals surface area contributed by atoms with E-state index in [0.29, 0.717) is 5.02 Å². The molecule has 1 fully saturated rings. The summed E-state index contributed by atoms with van der Waals surface area (Å²) >= 11 is 5.83. The van der Waals surface area contributed by atoms with Gasteiger partial charge in [0.05, 0.1) is 17.6 Å². The molecule has 150 valence electrons. The lowest BCUT2D eigenvalue weighted by molar-refractivity contribution is -0.120. The molecular weight excluding hydrogens is 412 g/mol. The molecule has 0 spiro atoms. The van der Waals surface area contributed by atoms with E-state index in [0.717, 1.165) is 18.2 Å². The fourth-order valence-electron chi connectivity index (χ4n) is 3.39. The lowest BCUT2D eigenvalue weighted by atomic mass is 9.76. The number of sulfone groups is 1. The Morgan fingerprint density at radius 1 is 1.18 bits per heavy atom. The van der Waals surface area contributed by atoms with Crippen molar-refractivity contribution in [2.75, 3.05) is 6.61 Å². The van der Waals surface area contributed by atoms with Crippen LogP contribution in [0.5, 0.6) is 0 Å². The molecule has 0 radical (unpaired) electrons.